The molecule has 1 aromatic heterocycles. The van der Waals surface area contributed by atoms with Crippen LogP contribution in [0.5, 0.6) is 6.01 Å². The number of halogens is 2. The summed E-state index contributed by atoms with van der Waals surface area (Å²) < 4.78 is 5.38. The summed E-state index contributed by atoms with van der Waals surface area (Å²) in [5.74, 6) is 0.852. The molecule has 0 saturated carbocycles. The summed E-state index contributed by atoms with van der Waals surface area (Å²) in [6, 6.07) is 5.99. The summed E-state index contributed by atoms with van der Waals surface area (Å²) >= 11 is 12.6. The van der Waals surface area contributed by atoms with Gasteiger partial charge in [-0.2, -0.15) is 9.97 Å². The Hall–Kier alpha value is -2.51. The Morgan fingerprint density at radius 3 is 2.60 bits per heavy atom. The summed E-state index contributed by atoms with van der Waals surface area (Å²) in [4.78, 5) is 27.3. The molecule has 0 bridgehead atoms. The number of fused-ring (bicyclic) bond motifs is 1. The van der Waals surface area contributed by atoms with Crippen molar-refractivity contribution in [3.63, 3.8) is 0 Å². The van der Waals surface area contributed by atoms with Gasteiger partial charge < -0.3 is 19.4 Å². The van der Waals surface area contributed by atoms with Crippen LogP contribution in [0.1, 0.15) is 11.3 Å². The van der Waals surface area contributed by atoms with Gasteiger partial charge in [-0.25, -0.2) is 0 Å². The molecule has 0 spiro atoms. The number of anilines is 2. The first-order valence-electron chi connectivity index (χ1n) is 9.81. The maximum Gasteiger partial charge on any atom is 0.318 e. The molecule has 0 unspecified atom stereocenters. The Morgan fingerprint density at radius 2 is 1.90 bits per heavy atom. The quantitative estimate of drug-likeness (QED) is 0.670. The number of carbonyl (C=O) groups is 1. The van der Waals surface area contributed by atoms with Crippen LogP contribution < -0.4 is 14.5 Å². The van der Waals surface area contributed by atoms with E-state index in [-0.39, 0.29) is 5.91 Å². The maximum absolute atomic E-state index is 11.9. The lowest BCUT2D eigenvalue weighted by Gasteiger charge is -2.38. The van der Waals surface area contributed by atoms with E-state index in [1.54, 1.807) is 18.1 Å². The van der Waals surface area contributed by atoms with Crippen molar-refractivity contribution in [3.8, 4) is 6.01 Å². The van der Waals surface area contributed by atoms with E-state index in [1.807, 2.05) is 12.1 Å². The van der Waals surface area contributed by atoms with E-state index in [4.69, 9.17) is 27.9 Å². The number of amides is 1. The molecule has 0 radical (unpaired) electrons. The Balaban J connectivity index is 1.61. The average molecular weight is 448 g/mol. The van der Waals surface area contributed by atoms with Gasteiger partial charge in [-0.1, -0.05) is 35.8 Å². The third kappa shape index (κ3) is 3.91. The fourth-order valence-corrected chi connectivity index (χ4v) is 4.37. The fraction of sp³-hybridized carbons (Fsp3) is 0.381. The van der Waals surface area contributed by atoms with E-state index in [2.05, 4.69) is 26.3 Å². The molecule has 2 aromatic rings. The Kier molecular flexibility index (Phi) is 6.01. The van der Waals surface area contributed by atoms with E-state index in [0.717, 1.165) is 35.7 Å². The van der Waals surface area contributed by atoms with Gasteiger partial charge in [0.05, 0.1) is 35.1 Å². The van der Waals surface area contributed by atoms with Crippen LogP contribution in [-0.2, 0) is 17.8 Å². The summed E-state index contributed by atoms with van der Waals surface area (Å²) in [5, 5.41) is 1.08. The van der Waals surface area contributed by atoms with Gasteiger partial charge in [0.25, 0.3) is 0 Å². The highest BCUT2D eigenvalue weighted by Gasteiger charge is 2.29. The molecule has 1 fully saturated rings. The van der Waals surface area contributed by atoms with E-state index in [1.165, 1.54) is 6.08 Å². The van der Waals surface area contributed by atoms with Crippen molar-refractivity contribution in [1.29, 1.82) is 0 Å². The van der Waals surface area contributed by atoms with Gasteiger partial charge >= 0.3 is 6.01 Å². The Bertz CT molecular complexity index is 976. The van der Waals surface area contributed by atoms with Gasteiger partial charge in [0.1, 0.15) is 5.82 Å². The average Bonchev–Trinajstić information content (AvgIpc) is 2.79. The highest BCUT2D eigenvalue weighted by Crippen LogP contribution is 2.36. The topological polar surface area (TPSA) is 61.8 Å². The van der Waals surface area contributed by atoms with Crippen LogP contribution in [0.3, 0.4) is 0 Å². The van der Waals surface area contributed by atoms with Crippen molar-refractivity contribution in [3.05, 3.63) is 52.2 Å². The second kappa shape index (κ2) is 8.70. The Morgan fingerprint density at radius 1 is 1.13 bits per heavy atom. The lowest BCUT2D eigenvalue weighted by atomic mass is 10.0. The molecule has 2 aliphatic rings. The van der Waals surface area contributed by atoms with E-state index in [9.17, 15) is 4.79 Å². The zero-order valence-electron chi connectivity index (χ0n) is 16.8. The molecule has 7 nitrogen and oxygen atoms in total. The van der Waals surface area contributed by atoms with Gasteiger partial charge in [-0.05, 0) is 24.6 Å². The number of carbonyl (C=O) groups excluding carboxylic acids is 1. The standard InChI is InChI=1S/C21H23Cl2N5O2/c1-3-18(29)26-9-11-27(12-10-26)20-14-7-8-28(13-16(14)24-21(25-20)30-2)17-6-4-5-15(22)19(17)23/h3-6H,1,7-13H2,2H3. The molecule has 1 saturated heterocycles. The summed E-state index contributed by atoms with van der Waals surface area (Å²) in [6.45, 7) is 7.63. The van der Waals surface area contributed by atoms with Gasteiger partial charge in [-0.3, -0.25) is 4.79 Å². The van der Waals surface area contributed by atoms with E-state index in [0.29, 0.717) is 48.8 Å². The molecule has 1 aromatic carbocycles. The molecule has 9 heteroatoms. The zero-order chi connectivity index (χ0) is 21.3. The minimum absolute atomic E-state index is 0.0361. The lowest BCUT2D eigenvalue weighted by molar-refractivity contribution is -0.126. The molecule has 1 amide bonds. The lowest BCUT2D eigenvalue weighted by Crippen LogP contribution is -2.49. The van der Waals surface area contributed by atoms with Crippen LogP contribution in [0.15, 0.2) is 30.9 Å². The molecule has 0 N–H and O–H groups in total. The number of ether oxygens (including phenoxy) is 1. The predicted molar refractivity (Wildman–Crippen MR) is 119 cm³/mol. The fourth-order valence-electron chi connectivity index (χ4n) is 3.95. The second-order valence-corrected chi connectivity index (χ2v) is 8.01. The van der Waals surface area contributed by atoms with Crippen molar-refractivity contribution >= 4 is 40.6 Å². The van der Waals surface area contributed by atoms with Crippen molar-refractivity contribution in [2.24, 2.45) is 0 Å². The van der Waals surface area contributed by atoms with Crippen LogP contribution in [0.25, 0.3) is 0 Å². The zero-order valence-corrected chi connectivity index (χ0v) is 18.3. The number of aromatic nitrogens is 2. The molecular weight excluding hydrogens is 425 g/mol. The highest BCUT2D eigenvalue weighted by molar-refractivity contribution is 6.43. The summed E-state index contributed by atoms with van der Waals surface area (Å²) in [6.07, 6.45) is 2.14. The highest BCUT2D eigenvalue weighted by atomic mass is 35.5. The number of nitrogens with zero attached hydrogens (tertiary/aromatic N) is 5. The third-order valence-electron chi connectivity index (χ3n) is 5.54. The molecular formula is C21H23Cl2N5O2. The SMILES string of the molecule is C=CC(=O)N1CCN(c2nc(OC)nc3c2CCN(c2cccc(Cl)c2Cl)C3)CC1. The monoisotopic (exact) mass is 447 g/mol. The number of rotatable bonds is 4. The molecule has 30 heavy (non-hydrogen) atoms. The van der Waals surface area contributed by atoms with Crippen molar-refractivity contribution in [2.75, 3.05) is 49.6 Å². The largest absolute Gasteiger partial charge is 0.467 e. The molecule has 2 aliphatic heterocycles. The van der Waals surface area contributed by atoms with Crippen LogP contribution in [0.4, 0.5) is 11.5 Å². The molecule has 0 atom stereocenters. The first-order chi connectivity index (χ1) is 14.5. The maximum atomic E-state index is 11.9. The third-order valence-corrected chi connectivity index (χ3v) is 6.35. The number of benzene rings is 1. The smallest absolute Gasteiger partial charge is 0.318 e. The van der Waals surface area contributed by atoms with Crippen molar-refractivity contribution < 1.29 is 9.53 Å². The molecule has 158 valence electrons. The summed E-state index contributed by atoms with van der Waals surface area (Å²) in [5.41, 5.74) is 2.93. The predicted octanol–water partition coefficient (Wildman–Crippen LogP) is 3.19. The van der Waals surface area contributed by atoms with Gasteiger partial charge in [0, 0.05) is 38.3 Å². The first-order valence-corrected chi connectivity index (χ1v) is 10.6. The van der Waals surface area contributed by atoms with Gasteiger partial charge in [0.15, 0.2) is 0 Å². The molecule has 0 aliphatic carbocycles. The normalized spacial score (nSPS) is 16.3. The summed E-state index contributed by atoms with van der Waals surface area (Å²) in [7, 11) is 1.57. The van der Waals surface area contributed by atoms with Crippen molar-refractivity contribution in [2.45, 2.75) is 13.0 Å². The number of methoxy groups -OCH3 is 1. The van der Waals surface area contributed by atoms with E-state index < -0.39 is 0 Å². The molecule has 4 rings (SSSR count). The molecule has 3 heterocycles. The second-order valence-electron chi connectivity index (χ2n) is 7.22. The minimum atomic E-state index is -0.0361. The number of hydrogen-bond acceptors (Lipinski definition) is 6. The van der Waals surface area contributed by atoms with E-state index >= 15 is 0 Å². The van der Waals surface area contributed by atoms with Gasteiger partial charge in [0.2, 0.25) is 5.91 Å². The van der Waals surface area contributed by atoms with Crippen LogP contribution >= 0.6 is 23.2 Å². The van der Waals surface area contributed by atoms with Gasteiger partial charge in [-0.15, -0.1) is 0 Å². The first kappa shape index (κ1) is 20.8. The minimum Gasteiger partial charge on any atom is -0.467 e. The van der Waals surface area contributed by atoms with Crippen LogP contribution in [0, 0.1) is 0 Å². The Labute approximate surface area is 185 Å². The number of hydrogen-bond donors (Lipinski definition) is 0. The number of piperazine rings is 1. The van der Waals surface area contributed by atoms with Crippen LogP contribution in [-0.4, -0.2) is 60.6 Å². The van der Waals surface area contributed by atoms with Crippen LogP contribution in [0.2, 0.25) is 10.0 Å². The van der Waals surface area contributed by atoms with Crippen molar-refractivity contribution in [1.82, 2.24) is 14.9 Å².